The third-order valence-electron chi connectivity index (χ3n) is 6.07. The maximum atomic E-state index is 12.7. The van der Waals surface area contributed by atoms with Crippen molar-refractivity contribution in [3.8, 4) is 16.9 Å². The van der Waals surface area contributed by atoms with Crippen molar-refractivity contribution in [1.29, 1.82) is 0 Å². The summed E-state index contributed by atoms with van der Waals surface area (Å²) in [7, 11) is 1.66. The highest BCUT2D eigenvalue weighted by Gasteiger charge is 2.38. The van der Waals surface area contributed by atoms with Crippen LogP contribution in [-0.2, 0) is 4.74 Å². The Kier molecular flexibility index (Phi) is 5.88. The number of nitrogens with one attached hydrogen (secondary N) is 1. The van der Waals surface area contributed by atoms with E-state index < -0.39 is 0 Å². The summed E-state index contributed by atoms with van der Waals surface area (Å²) in [4.78, 5) is 15.2. The molecule has 0 bridgehead atoms. The van der Waals surface area contributed by atoms with Crippen LogP contribution >= 0.6 is 0 Å². The molecule has 0 aliphatic carbocycles. The third-order valence-corrected chi connectivity index (χ3v) is 6.07. The molecule has 1 amide bonds. The predicted molar refractivity (Wildman–Crippen MR) is 114 cm³/mol. The molecule has 5 nitrogen and oxygen atoms in total. The number of fused-ring (bicyclic) bond motifs is 1. The highest BCUT2D eigenvalue weighted by molar-refractivity contribution is 5.95. The van der Waals surface area contributed by atoms with E-state index in [1.54, 1.807) is 7.11 Å². The molecule has 1 N–H and O–H groups in total. The average molecular weight is 395 g/mol. The molecule has 0 aromatic heterocycles. The van der Waals surface area contributed by atoms with Crippen molar-refractivity contribution >= 4 is 5.91 Å². The van der Waals surface area contributed by atoms with Crippen molar-refractivity contribution < 1.29 is 14.3 Å². The summed E-state index contributed by atoms with van der Waals surface area (Å²) >= 11 is 0. The first kappa shape index (κ1) is 19.9. The lowest BCUT2D eigenvalue weighted by atomic mass is 10.0. The van der Waals surface area contributed by atoms with Gasteiger partial charge in [0.2, 0.25) is 0 Å². The summed E-state index contributed by atoms with van der Waals surface area (Å²) in [5.74, 6) is 1.34. The zero-order chi connectivity index (χ0) is 20.4. The molecule has 2 aliphatic heterocycles. The zero-order valence-corrected chi connectivity index (χ0v) is 17.4. The van der Waals surface area contributed by atoms with Gasteiger partial charge in [0.25, 0.3) is 5.91 Å². The standard InChI is InChI=1S/C24H30N2O3/c1-16(2)23-14-26-13-20(12-21(26)15-29-23)25-24(27)18-9-7-17(8-10-18)19-5-4-6-22(11-19)28-3/h4-11,16,20-21,23H,12-15H2,1-3H3,(H,25,27)/t20-,21-,23-/m0/s1. The first-order valence-corrected chi connectivity index (χ1v) is 10.4. The molecule has 2 heterocycles. The molecule has 2 aliphatic rings. The van der Waals surface area contributed by atoms with Crippen molar-refractivity contribution in [3.05, 3.63) is 54.1 Å². The predicted octanol–water partition coefficient (Wildman–Crippen LogP) is 3.59. The fourth-order valence-corrected chi connectivity index (χ4v) is 4.29. The Balaban J connectivity index is 1.37. The fourth-order valence-electron chi connectivity index (χ4n) is 4.29. The zero-order valence-electron chi connectivity index (χ0n) is 17.4. The van der Waals surface area contributed by atoms with E-state index >= 15 is 0 Å². The Labute approximate surface area is 173 Å². The van der Waals surface area contributed by atoms with Gasteiger partial charge >= 0.3 is 0 Å². The van der Waals surface area contributed by atoms with E-state index in [0.29, 0.717) is 23.6 Å². The molecular weight excluding hydrogens is 364 g/mol. The van der Waals surface area contributed by atoms with Crippen molar-refractivity contribution in [2.45, 2.75) is 38.5 Å². The second-order valence-electron chi connectivity index (χ2n) is 8.44. The fraction of sp³-hybridized carbons (Fsp3) is 0.458. The van der Waals surface area contributed by atoms with Crippen molar-refractivity contribution in [2.75, 3.05) is 26.8 Å². The van der Waals surface area contributed by atoms with E-state index in [0.717, 1.165) is 43.0 Å². The third kappa shape index (κ3) is 4.46. The van der Waals surface area contributed by atoms with Crippen molar-refractivity contribution in [3.63, 3.8) is 0 Å². The van der Waals surface area contributed by atoms with Crippen LogP contribution in [0, 0.1) is 5.92 Å². The molecule has 0 radical (unpaired) electrons. The molecule has 4 rings (SSSR count). The smallest absolute Gasteiger partial charge is 0.251 e. The molecule has 0 spiro atoms. The molecule has 0 saturated carbocycles. The lowest BCUT2D eigenvalue weighted by Crippen LogP contribution is -2.48. The van der Waals surface area contributed by atoms with Crippen LogP contribution in [-0.4, -0.2) is 55.8 Å². The summed E-state index contributed by atoms with van der Waals surface area (Å²) in [5, 5.41) is 3.22. The summed E-state index contributed by atoms with van der Waals surface area (Å²) in [5.41, 5.74) is 2.83. The Morgan fingerprint density at radius 2 is 1.93 bits per heavy atom. The van der Waals surface area contributed by atoms with E-state index in [1.807, 2.05) is 48.5 Å². The number of ether oxygens (including phenoxy) is 2. The van der Waals surface area contributed by atoms with Crippen LogP contribution in [0.4, 0.5) is 0 Å². The molecule has 29 heavy (non-hydrogen) atoms. The molecule has 2 aromatic rings. The Morgan fingerprint density at radius 1 is 1.14 bits per heavy atom. The van der Waals surface area contributed by atoms with Gasteiger partial charge in [0.15, 0.2) is 0 Å². The van der Waals surface area contributed by atoms with Crippen LogP contribution in [0.25, 0.3) is 11.1 Å². The van der Waals surface area contributed by atoms with Gasteiger partial charge in [-0.05, 0) is 47.7 Å². The Morgan fingerprint density at radius 3 is 2.66 bits per heavy atom. The lowest BCUT2D eigenvalue weighted by Gasteiger charge is -2.36. The molecule has 3 atom stereocenters. The van der Waals surface area contributed by atoms with Gasteiger partial charge in [-0.25, -0.2) is 0 Å². The van der Waals surface area contributed by atoms with Crippen LogP contribution in [0.3, 0.4) is 0 Å². The number of hydrogen-bond acceptors (Lipinski definition) is 4. The summed E-state index contributed by atoms with van der Waals surface area (Å²) in [6.07, 6.45) is 1.25. The second kappa shape index (κ2) is 8.56. The van der Waals surface area contributed by atoms with Crippen LogP contribution in [0.15, 0.2) is 48.5 Å². The summed E-state index contributed by atoms with van der Waals surface area (Å²) in [6.45, 7) is 7.05. The van der Waals surface area contributed by atoms with Crippen LogP contribution in [0.1, 0.15) is 30.6 Å². The van der Waals surface area contributed by atoms with Gasteiger partial charge in [-0.15, -0.1) is 0 Å². The highest BCUT2D eigenvalue weighted by Crippen LogP contribution is 2.27. The number of amides is 1. The van der Waals surface area contributed by atoms with Gasteiger partial charge in [0.05, 0.1) is 19.8 Å². The molecular formula is C24H30N2O3. The average Bonchev–Trinajstić information content (AvgIpc) is 3.15. The van der Waals surface area contributed by atoms with E-state index in [4.69, 9.17) is 9.47 Å². The van der Waals surface area contributed by atoms with Gasteiger partial charge in [-0.3, -0.25) is 9.69 Å². The maximum Gasteiger partial charge on any atom is 0.251 e. The normalized spacial score (nSPS) is 24.3. The minimum atomic E-state index is -0.00614. The molecule has 5 heteroatoms. The van der Waals surface area contributed by atoms with E-state index in [2.05, 4.69) is 24.1 Å². The number of nitrogens with zero attached hydrogens (tertiary/aromatic N) is 1. The largest absolute Gasteiger partial charge is 0.497 e. The first-order chi connectivity index (χ1) is 14.0. The molecule has 2 aromatic carbocycles. The molecule has 0 unspecified atom stereocenters. The van der Waals surface area contributed by atoms with E-state index in [-0.39, 0.29) is 11.9 Å². The van der Waals surface area contributed by atoms with Gasteiger partial charge in [-0.2, -0.15) is 0 Å². The Hall–Kier alpha value is -2.37. The minimum absolute atomic E-state index is 0.00614. The van der Waals surface area contributed by atoms with Gasteiger partial charge in [0, 0.05) is 30.7 Å². The number of benzene rings is 2. The quantitative estimate of drug-likeness (QED) is 0.842. The first-order valence-electron chi connectivity index (χ1n) is 10.4. The topological polar surface area (TPSA) is 50.8 Å². The lowest BCUT2D eigenvalue weighted by molar-refractivity contribution is -0.0683. The van der Waals surface area contributed by atoms with Crippen molar-refractivity contribution in [1.82, 2.24) is 10.2 Å². The number of carbonyl (C=O) groups is 1. The van der Waals surface area contributed by atoms with Crippen LogP contribution in [0.5, 0.6) is 5.75 Å². The summed E-state index contributed by atoms with van der Waals surface area (Å²) in [6, 6.07) is 16.3. The molecule has 2 saturated heterocycles. The van der Waals surface area contributed by atoms with E-state index in [1.165, 1.54) is 0 Å². The molecule has 2 fully saturated rings. The van der Waals surface area contributed by atoms with Gasteiger partial charge in [0.1, 0.15) is 5.75 Å². The number of morpholine rings is 1. The minimum Gasteiger partial charge on any atom is -0.497 e. The molecule has 154 valence electrons. The number of hydrogen-bond donors (Lipinski definition) is 1. The number of carbonyl (C=O) groups excluding carboxylic acids is 1. The second-order valence-corrected chi connectivity index (χ2v) is 8.44. The number of rotatable bonds is 5. The van der Waals surface area contributed by atoms with Crippen LogP contribution in [0.2, 0.25) is 0 Å². The maximum absolute atomic E-state index is 12.7. The van der Waals surface area contributed by atoms with E-state index in [9.17, 15) is 4.79 Å². The van der Waals surface area contributed by atoms with Gasteiger partial charge < -0.3 is 14.8 Å². The van der Waals surface area contributed by atoms with Gasteiger partial charge in [-0.1, -0.05) is 38.1 Å². The Bertz CT molecular complexity index is 849. The van der Waals surface area contributed by atoms with Crippen molar-refractivity contribution in [2.24, 2.45) is 5.92 Å². The monoisotopic (exact) mass is 394 g/mol. The SMILES string of the molecule is COc1cccc(-c2ccc(C(=O)N[C@H]3C[C@H]4CO[C@H](C(C)C)CN4C3)cc2)c1. The summed E-state index contributed by atoms with van der Waals surface area (Å²) < 4.78 is 11.3. The number of methoxy groups -OCH3 is 1. The highest BCUT2D eigenvalue weighted by atomic mass is 16.5. The van der Waals surface area contributed by atoms with Crippen LogP contribution < -0.4 is 10.1 Å².